The first-order chi connectivity index (χ1) is 13.4. The maximum atomic E-state index is 11.9. The number of fused-ring (bicyclic) bond motifs is 4. The van der Waals surface area contributed by atoms with E-state index in [4.69, 9.17) is 11.6 Å². The second-order valence-electron chi connectivity index (χ2n) is 6.67. The molecule has 0 radical (unpaired) electrons. The van der Waals surface area contributed by atoms with Crippen LogP contribution in [0.15, 0.2) is 24.7 Å². The highest BCUT2D eigenvalue weighted by atomic mass is 35.5. The Balaban J connectivity index is 1.59. The number of benzene rings is 1. The molecule has 0 unspecified atom stereocenters. The maximum absolute atomic E-state index is 11.9. The number of nitrogens with one attached hydrogen (secondary N) is 2. The highest BCUT2D eigenvalue weighted by Crippen LogP contribution is 2.39. The molecule has 0 saturated heterocycles. The van der Waals surface area contributed by atoms with Gasteiger partial charge in [0.1, 0.15) is 17.0 Å². The summed E-state index contributed by atoms with van der Waals surface area (Å²) >= 11 is 7.93. The van der Waals surface area contributed by atoms with Crippen LogP contribution in [0.5, 0.6) is 0 Å². The van der Waals surface area contributed by atoms with Crippen LogP contribution < -0.4 is 5.32 Å². The lowest BCUT2D eigenvalue weighted by atomic mass is 10.1. The van der Waals surface area contributed by atoms with Crippen LogP contribution in [0.25, 0.3) is 21.1 Å². The largest absolute Gasteiger partial charge is 0.338 e. The van der Waals surface area contributed by atoms with Gasteiger partial charge in [0.05, 0.1) is 34.1 Å². The monoisotopic (exact) mass is 434 g/mol. The van der Waals surface area contributed by atoms with Crippen molar-refractivity contribution < 1.29 is 8.42 Å². The second kappa shape index (κ2) is 6.38. The molecular formula is C17H15ClN6O2S2. The summed E-state index contributed by atoms with van der Waals surface area (Å²) in [5.41, 5.74) is 2.68. The zero-order valence-electron chi connectivity index (χ0n) is 14.7. The number of rotatable bonds is 3. The van der Waals surface area contributed by atoms with Crippen LogP contribution in [-0.2, 0) is 23.0 Å². The summed E-state index contributed by atoms with van der Waals surface area (Å²) in [6, 6.07) is 3.73. The number of anilines is 2. The minimum Gasteiger partial charge on any atom is -0.338 e. The topological polar surface area (TPSA) is 104 Å². The number of hydrogen-bond acceptors (Lipinski definition) is 7. The van der Waals surface area contributed by atoms with E-state index in [2.05, 4.69) is 25.5 Å². The van der Waals surface area contributed by atoms with Gasteiger partial charge in [0, 0.05) is 23.4 Å². The van der Waals surface area contributed by atoms with Gasteiger partial charge in [-0.2, -0.15) is 9.40 Å². The van der Waals surface area contributed by atoms with Gasteiger partial charge in [-0.3, -0.25) is 5.10 Å². The van der Waals surface area contributed by atoms with Crippen molar-refractivity contribution in [3.63, 3.8) is 0 Å². The number of aromatic nitrogens is 4. The number of sulfonamides is 1. The molecule has 4 heterocycles. The van der Waals surface area contributed by atoms with Gasteiger partial charge in [0.15, 0.2) is 0 Å². The summed E-state index contributed by atoms with van der Waals surface area (Å²) in [6.07, 6.45) is 5.11. The first kappa shape index (κ1) is 17.8. The predicted octanol–water partition coefficient (Wildman–Crippen LogP) is 3.28. The van der Waals surface area contributed by atoms with Crippen LogP contribution >= 0.6 is 22.9 Å². The zero-order valence-corrected chi connectivity index (χ0v) is 17.1. The van der Waals surface area contributed by atoms with E-state index < -0.39 is 10.0 Å². The van der Waals surface area contributed by atoms with Crippen molar-refractivity contribution in [3.8, 4) is 0 Å². The van der Waals surface area contributed by atoms with Gasteiger partial charge in [-0.15, -0.1) is 11.3 Å². The molecule has 0 bridgehead atoms. The van der Waals surface area contributed by atoms with Crippen molar-refractivity contribution in [1.29, 1.82) is 0 Å². The summed E-state index contributed by atoms with van der Waals surface area (Å²) in [5, 5.41) is 12.7. The molecule has 0 fully saturated rings. The zero-order chi connectivity index (χ0) is 19.5. The number of aromatic amines is 1. The van der Waals surface area contributed by atoms with Crippen LogP contribution in [0.2, 0.25) is 5.02 Å². The molecule has 1 aromatic carbocycles. The van der Waals surface area contributed by atoms with Gasteiger partial charge in [-0.25, -0.2) is 18.4 Å². The molecular weight excluding hydrogens is 420 g/mol. The normalized spacial score (nSPS) is 15.2. The van der Waals surface area contributed by atoms with E-state index in [0.717, 1.165) is 37.2 Å². The fraction of sp³-hybridized carbons (Fsp3) is 0.235. The smallest absolute Gasteiger partial charge is 0.211 e. The quantitative estimate of drug-likeness (QED) is 0.512. The van der Waals surface area contributed by atoms with Crippen molar-refractivity contribution in [2.24, 2.45) is 0 Å². The average molecular weight is 435 g/mol. The number of hydrogen-bond donors (Lipinski definition) is 2. The summed E-state index contributed by atoms with van der Waals surface area (Å²) in [4.78, 5) is 10.7. The van der Waals surface area contributed by atoms with Crippen LogP contribution in [-0.4, -0.2) is 45.7 Å². The van der Waals surface area contributed by atoms with E-state index in [1.165, 1.54) is 28.2 Å². The minimum absolute atomic E-state index is 0.371. The van der Waals surface area contributed by atoms with Crippen LogP contribution in [0.3, 0.4) is 0 Å². The van der Waals surface area contributed by atoms with E-state index in [0.29, 0.717) is 30.4 Å². The molecule has 0 spiro atoms. The van der Waals surface area contributed by atoms with Crippen molar-refractivity contribution in [2.75, 3.05) is 18.1 Å². The third-order valence-electron chi connectivity index (χ3n) is 4.85. The summed E-state index contributed by atoms with van der Waals surface area (Å²) in [7, 11) is -3.22. The third-order valence-corrected chi connectivity index (χ3v) is 7.54. The highest BCUT2D eigenvalue weighted by Gasteiger charge is 2.28. The molecule has 4 aromatic rings. The molecule has 1 aliphatic heterocycles. The van der Waals surface area contributed by atoms with Crippen molar-refractivity contribution >= 4 is 65.6 Å². The molecule has 5 rings (SSSR count). The van der Waals surface area contributed by atoms with Crippen molar-refractivity contribution in [2.45, 2.75) is 13.0 Å². The van der Waals surface area contributed by atoms with E-state index in [1.807, 2.05) is 12.1 Å². The lowest BCUT2D eigenvalue weighted by molar-refractivity contribution is 0.400. The van der Waals surface area contributed by atoms with Gasteiger partial charge >= 0.3 is 0 Å². The van der Waals surface area contributed by atoms with E-state index >= 15 is 0 Å². The summed E-state index contributed by atoms with van der Waals surface area (Å²) in [5.74, 6) is 0.667. The third kappa shape index (κ3) is 2.93. The number of halogens is 1. The standard InChI is InChI=1S/C17H15ClN6O2S2/c1-28(25,26)24-3-2-10-14(7-24)27-17-15(10)16(19-8-20-17)22-13-4-9-6-21-23-12(9)5-11(13)18/h4-6,8H,2-3,7H2,1H3,(H,21,23)(H,19,20,22). The molecule has 0 saturated carbocycles. The molecule has 0 aliphatic carbocycles. The van der Waals surface area contributed by atoms with Crippen LogP contribution in [0.1, 0.15) is 10.4 Å². The Morgan fingerprint density at radius 3 is 3.00 bits per heavy atom. The minimum atomic E-state index is -3.22. The molecule has 28 heavy (non-hydrogen) atoms. The molecule has 3 aromatic heterocycles. The Kier molecular flexibility index (Phi) is 4.05. The van der Waals surface area contributed by atoms with Gasteiger partial charge in [-0.1, -0.05) is 11.6 Å². The molecule has 8 nitrogen and oxygen atoms in total. The first-order valence-electron chi connectivity index (χ1n) is 8.50. The number of thiophene rings is 1. The first-order valence-corrected chi connectivity index (χ1v) is 11.5. The fourth-order valence-electron chi connectivity index (χ4n) is 3.47. The molecule has 144 valence electrons. The van der Waals surface area contributed by atoms with Gasteiger partial charge in [0.2, 0.25) is 10.0 Å². The Morgan fingerprint density at radius 2 is 2.18 bits per heavy atom. The maximum Gasteiger partial charge on any atom is 0.211 e. The fourth-order valence-corrected chi connectivity index (χ4v) is 5.75. The Bertz CT molecular complexity index is 1330. The molecule has 0 amide bonds. The van der Waals surface area contributed by atoms with E-state index in [1.54, 1.807) is 6.20 Å². The molecule has 1 aliphatic rings. The van der Waals surface area contributed by atoms with E-state index in [-0.39, 0.29) is 0 Å². The van der Waals surface area contributed by atoms with Gasteiger partial charge in [0.25, 0.3) is 0 Å². The highest BCUT2D eigenvalue weighted by molar-refractivity contribution is 7.88. The summed E-state index contributed by atoms with van der Waals surface area (Å²) in [6.45, 7) is 0.824. The van der Waals surface area contributed by atoms with Crippen molar-refractivity contribution in [1.82, 2.24) is 24.5 Å². The van der Waals surface area contributed by atoms with Gasteiger partial charge < -0.3 is 5.32 Å². The molecule has 11 heteroatoms. The Morgan fingerprint density at radius 1 is 1.32 bits per heavy atom. The Hall–Kier alpha value is -2.27. The van der Waals surface area contributed by atoms with Crippen LogP contribution in [0, 0.1) is 0 Å². The molecule has 2 N–H and O–H groups in total. The van der Waals surface area contributed by atoms with Gasteiger partial charge in [-0.05, 0) is 24.1 Å². The predicted molar refractivity (Wildman–Crippen MR) is 111 cm³/mol. The Labute approximate surface area is 169 Å². The lowest BCUT2D eigenvalue weighted by Gasteiger charge is -2.24. The number of H-pyrrole nitrogens is 1. The second-order valence-corrected chi connectivity index (χ2v) is 10.1. The van der Waals surface area contributed by atoms with Crippen molar-refractivity contribution in [3.05, 3.63) is 40.1 Å². The molecule has 0 atom stereocenters. The summed E-state index contributed by atoms with van der Waals surface area (Å²) < 4.78 is 25.3. The number of nitrogens with zero attached hydrogens (tertiary/aromatic N) is 4. The SMILES string of the molecule is CS(=O)(=O)N1CCc2c(sc3ncnc(Nc4cc5cn[nH]c5cc4Cl)c23)C1. The lowest BCUT2D eigenvalue weighted by Crippen LogP contribution is -2.34. The van der Waals surface area contributed by atoms with Crippen LogP contribution in [0.4, 0.5) is 11.5 Å². The average Bonchev–Trinajstić information content (AvgIpc) is 3.24. The van der Waals surface area contributed by atoms with E-state index in [9.17, 15) is 8.42 Å².